The highest BCUT2D eigenvalue weighted by molar-refractivity contribution is 6.12. The maximum atomic E-state index is 5.46. The van der Waals surface area contributed by atoms with Gasteiger partial charge >= 0.3 is 0 Å². The number of ether oxygens (including phenoxy) is 2. The summed E-state index contributed by atoms with van der Waals surface area (Å²) < 4.78 is 10.9. The van der Waals surface area contributed by atoms with Crippen LogP contribution in [0.2, 0.25) is 0 Å². The van der Waals surface area contributed by atoms with Gasteiger partial charge in [-0.25, -0.2) is 4.99 Å². The number of nitrogens with zero attached hydrogens (tertiary/aromatic N) is 1. The minimum absolute atomic E-state index is 0.0964. The Kier molecular flexibility index (Phi) is 8.72. The van der Waals surface area contributed by atoms with Crippen LogP contribution in [0.25, 0.3) is 28.5 Å². The molecule has 0 amide bonds. The van der Waals surface area contributed by atoms with Gasteiger partial charge in [-0.2, -0.15) is 0 Å². The summed E-state index contributed by atoms with van der Waals surface area (Å²) in [5.41, 5.74) is 12.6. The fourth-order valence-electron chi connectivity index (χ4n) is 6.21. The van der Waals surface area contributed by atoms with Crippen molar-refractivity contribution in [2.75, 3.05) is 14.2 Å². The molecule has 1 atom stereocenters. The molecule has 4 nitrogen and oxygen atoms in total. The third-order valence-electron chi connectivity index (χ3n) is 9.17. The molecule has 6 rings (SSSR count). The number of benzene rings is 3. The molecule has 1 N–H and O–H groups in total. The lowest BCUT2D eigenvalue weighted by Gasteiger charge is -2.25. The van der Waals surface area contributed by atoms with Gasteiger partial charge in [-0.15, -0.1) is 0 Å². The van der Waals surface area contributed by atoms with E-state index in [0.29, 0.717) is 0 Å². The second-order valence-electron chi connectivity index (χ2n) is 14.5. The molecule has 2 aliphatic rings. The molecule has 4 heteroatoms. The zero-order valence-corrected chi connectivity index (χ0v) is 28.9. The van der Waals surface area contributed by atoms with Gasteiger partial charge in [-0.05, 0) is 99.7 Å². The molecule has 1 unspecified atom stereocenters. The summed E-state index contributed by atoms with van der Waals surface area (Å²) in [5, 5.41) is 0. The Balaban J connectivity index is 1.46. The summed E-state index contributed by atoms with van der Waals surface area (Å²) in [6.45, 7) is 13.6. The van der Waals surface area contributed by atoms with Gasteiger partial charge in [0.15, 0.2) is 0 Å². The Bertz CT molecular complexity index is 1900. The van der Waals surface area contributed by atoms with Crippen LogP contribution in [0.1, 0.15) is 64.8 Å². The summed E-state index contributed by atoms with van der Waals surface area (Å²) >= 11 is 0. The van der Waals surface area contributed by atoms with Gasteiger partial charge in [-0.1, -0.05) is 96.2 Å². The van der Waals surface area contributed by atoms with E-state index in [-0.39, 0.29) is 16.7 Å². The Hall–Kier alpha value is -4.83. The molecule has 1 aliphatic heterocycles. The topological polar surface area (TPSA) is 46.6 Å². The number of aromatic amines is 1. The summed E-state index contributed by atoms with van der Waals surface area (Å²) in [4.78, 5) is 9.05. The number of allylic oxidation sites excluding steroid dienone is 6. The van der Waals surface area contributed by atoms with E-state index in [9.17, 15) is 0 Å². The number of H-pyrrole nitrogens is 1. The first-order valence-corrected chi connectivity index (χ1v) is 16.5. The summed E-state index contributed by atoms with van der Waals surface area (Å²) in [5.74, 6) is 1.90. The summed E-state index contributed by atoms with van der Waals surface area (Å²) in [6.07, 6.45) is 12.5. The van der Waals surface area contributed by atoms with E-state index in [1.54, 1.807) is 14.2 Å². The Morgan fingerprint density at radius 3 is 1.87 bits per heavy atom. The predicted octanol–water partition coefficient (Wildman–Crippen LogP) is 11.0. The fourth-order valence-corrected chi connectivity index (χ4v) is 6.21. The van der Waals surface area contributed by atoms with E-state index < -0.39 is 0 Å². The first-order valence-electron chi connectivity index (χ1n) is 16.5. The molecular weight excluding hydrogens is 576 g/mol. The molecule has 2 heterocycles. The third-order valence-corrected chi connectivity index (χ3v) is 9.17. The molecule has 240 valence electrons. The number of aliphatic imine (C=N–C) groups is 1. The Morgan fingerprint density at radius 2 is 1.34 bits per heavy atom. The van der Waals surface area contributed by atoms with Gasteiger partial charge in [0, 0.05) is 28.4 Å². The van der Waals surface area contributed by atoms with Crippen molar-refractivity contribution in [2.45, 2.75) is 53.4 Å². The largest absolute Gasteiger partial charge is 0.497 e. The molecule has 1 aliphatic carbocycles. The molecule has 3 aromatic carbocycles. The van der Waals surface area contributed by atoms with Gasteiger partial charge in [0.25, 0.3) is 0 Å². The van der Waals surface area contributed by atoms with E-state index in [4.69, 9.17) is 14.5 Å². The van der Waals surface area contributed by atoms with Crippen molar-refractivity contribution in [1.82, 2.24) is 4.98 Å². The van der Waals surface area contributed by atoms with Crippen molar-refractivity contribution in [1.29, 1.82) is 0 Å². The van der Waals surface area contributed by atoms with Crippen molar-refractivity contribution in [3.63, 3.8) is 0 Å². The second kappa shape index (κ2) is 12.8. The molecule has 47 heavy (non-hydrogen) atoms. The van der Waals surface area contributed by atoms with Gasteiger partial charge in [0.1, 0.15) is 11.5 Å². The van der Waals surface area contributed by atoms with Crippen LogP contribution in [0.5, 0.6) is 11.5 Å². The van der Waals surface area contributed by atoms with Crippen LogP contribution in [0.4, 0.5) is 0 Å². The van der Waals surface area contributed by atoms with Crippen LogP contribution >= 0.6 is 0 Å². The van der Waals surface area contributed by atoms with Crippen molar-refractivity contribution >= 4 is 11.8 Å². The number of nitrogens with one attached hydrogen (secondary N) is 1. The Labute approximate surface area is 280 Å². The van der Waals surface area contributed by atoms with Gasteiger partial charge in [-0.3, -0.25) is 0 Å². The monoisotopic (exact) mass is 622 g/mol. The summed E-state index contributed by atoms with van der Waals surface area (Å²) in [6, 6.07) is 27.5. The highest BCUT2D eigenvalue weighted by Crippen LogP contribution is 2.40. The van der Waals surface area contributed by atoms with E-state index >= 15 is 0 Å². The fraction of sp³-hybridized carbons (Fsp3) is 0.279. The third kappa shape index (κ3) is 6.97. The van der Waals surface area contributed by atoms with Gasteiger partial charge in [0.05, 0.1) is 25.6 Å². The van der Waals surface area contributed by atoms with Crippen LogP contribution in [-0.2, 0) is 5.41 Å². The van der Waals surface area contributed by atoms with Crippen molar-refractivity contribution < 1.29 is 9.47 Å². The average Bonchev–Trinajstić information content (AvgIpc) is 3.69. The number of hydrogen-bond acceptors (Lipinski definition) is 3. The lowest BCUT2D eigenvalue weighted by Crippen LogP contribution is -2.12. The molecule has 4 aromatic rings. The van der Waals surface area contributed by atoms with Crippen LogP contribution in [0.15, 0.2) is 125 Å². The summed E-state index contributed by atoms with van der Waals surface area (Å²) in [7, 11) is 3.39. The van der Waals surface area contributed by atoms with Crippen LogP contribution in [-0.4, -0.2) is 24.9 Å². The van der Waals surface area contributed by atoms with E-state index in [0.717, 1.165) is 63.0 Å². The minimum Gasteiger partial charge on any atom is -0.497 e. The predicted molar refractivity (Wildman–Crippen MR) is 197 cm³/mol. The average molecular weight is 623 g/mol. The minimum atomic E-state index is 0.0964. The molecule has 0 saturated heterocycles. The molecule has 0 radical (unpaired) electrons. The second-order valence-corrected chi connectivity index (χ2v) is 14.5. The maximum Gasteiger partial charge on any atom is 0.118 e. The molecule has 0 spiro atoms. The van der Waals surface area contributed by atoms with Crippen molar-refractivity contribution in [3.8, 4) is 33.9 Å². The number of hydrogen-bond donors (Lipinski definition) is 1. The highest BCUT2D eigenvalue weighted by atomic mass is 16.5. The van der Waals surface area contributed by atoms with Crippen LogP contribution < -0.4 is 9.47 Å². The molecule has 1 aromatic heterocycles. The number of rotatable bonds is 7. The normalized spacial score (nSPS) is 17.4. The first-order chi connectivity index (χ1) is 22.4. The lowest BCUT2D eigenvalue weighted by atomic mass is 9.79. The lowest BCUT2D eigenvalue weighted by molar-refractivity contribution is 0.415. The van der Waals surface area contributed by atoms with E-state index in [1.165, 1.54) is 16.7 Å². The Morgan fingerprint density at radius 1 is 0.745 bits per heavy atom. The van der Waals surface area contributed by atoms with Crippen molar-refractivity contribution in [3.05, 3.63) is 137 Å². The van der Waals surface area contributed by atoms with E-state index in [1.807, 2.05) is 24.3 Å². The SMILES string of the molecule is COc1ccc(-c2cc(-c3ccc(OC)cc3)c(/C=C3\N=C(c4ccc(C(C)(C)C)cc4)C=C3C3C=CC(C(C)(C)C)=CC3)[nH]2)cc1. The number of methoxy groups -OCH3 is 2. The van der Waals surface area contributed by atoms with Gasteiger partial charge < -0.3 is 14.5 Å². The van der Waals surface area contributed by atoms with Crippen LogP contribution in [0.3, 0.4) is 0 Å². The standard InChI is InChI=1S/C43H46N2O2/c1-42(2,3)32-17-9-28(10-18-32)36-25-38(30-11-19-33(20-12-30)43(4,5)6)44-40(36)27-41-37(29-13-21-34(46-7)22-14-29)26-39(45-41)31-15-23-35(47-8)24-16-31/h9,11-28,45H,10H2,1-8H3/b40-27-. The molecule has 0 fully saturated rings. The van der Waals surface area contributed by atoms with Gasteiger partial charge in [0.2, 0.25) is 0 Å². The highest BCUT2D eigenvalue weighted by Gasteiger charge is 2.26. The first kappa shape index (κ1) is 32.1. The zero-order valence-electron chi connectivity index (χ0n) is 28.9. The molecular formula is C43H46N2O2. The maximum absolute atomic E-state index is 5.46. The molecule has 0 saturated carbocycles. The quantitative estimate of drug-likeness (QED) is 0.223. The molecule has 0 bridgehead atoms. The number of aromatic nitrogens is 1. The van der Waals surface area contributed by atoms with Crippen molar-refractivity contribution in [2.24, 2.45) is 16.3 Å². The van der Waals surface area contributed by atoms with Crippen LogP contribution in [0, 0.1) is 11.3 Å². The van der Waals surface area contributed by atoms with E-state index in [2.05, 4.69) is 132 Å². The zero-order chi connectivity index (χ0) is 33.3. The smallest absolute Gasteiger partial charge is 0.118 e.